The molecule has 0 aliphatic carbocycles. The molecule has 0 aliphatic heterocycles. The average molecular weight is 209 g/mol. The summed E-state index contributed by atoms with van der Waals surface area (Å²) in [7, 11) is 0. The van der Waals surface area contributed by atoms with E-state index in [0.717, 1.165) is 16.1 Å². The van der Waals surface area contributed by atoms with Gasteiger partial charge in [0.15, 0.2) is 5.78 Å². The molecule has 0 aromatic heterocycles. The number of halogens is 1. The Bertz CT molecular complexity index is 380. The molecule has 2 heteroatoms. The number of carbonyl (C=O) groups is 1. The Morgan fingerprint density at radius 3 is 2.64 bits per heavy atom. The van der Waals surface area contributed by atoms with E-state index >= 15 is 0 Å². The zero-order valence-corrected chi connectivity index (χ0v) is 9.19. The molecule has 0 heterocycles. The van der Waals surface area contributed by atoms with Crippen molar-refractivity contribution in [2.75, 3.05) is 0 Å². The quantitative estimate of drug-likeness (QED) is 0.697. The lowest BCUT2D eigenvalue weighted by Crippen LogP contribution is -2.03. The van der Waals surface area contributed by atoms with Gasteiger partial charge in [-0.05, 0) is 36.6 Å². The Balaban J connectivity index is 2.83. The molecule has 0 atom stereocenters. The van der Waals surface area contributed by atoms with Gasteiger partial charge in [-0.1, -0.05) is 30.3 Å². The predicted octanol–water partition coefficient (Wildman–Crippen LogP) is 3.34. The van der Waals surface area contributed by atoms with Crippen LogP contribution in [-0.2, 0) is 11.2 Å². The SMILES string of the molecule is C=C(C)C(=O)Cc1ccc(Cl)c(C)c1. The number of hydrogen-bond acceptors (Lipinski definition) is 1. The molecule has 0 unspecified atom stereocenters. The van der Waals surface area contributed by atoms with Crippen molar-refractivity contribution in [3.63, 3.8) is 0 Å². The smallest absolute Gasteiger partial charge is 0.162 e. The van der Waals surface area contributed by atoms with Gasteiger partial charge < -0.3 is 0 Å². The summed E-state index contributed by atoms with van der Waals surface area (Å²) in [5.41, 5.74) is 2.58. The highest BCUT2D eigenvalue weighted by molar-refractivity contribution is 6.31. The van der Waals surface area contributed by atoms with Crippen LogP contribution in [0.5, 0.6) is 0 Å². The van der Waals surface area contributed by atoms with Crippen LogP contribution in [0.1, 0.15) is 18.1 Å². The van der Waals surface area contributed by atoms with Crippen molar-refractivity contribution < 1.29 is 4.79 Å². The minimum Gasteiger partial charge on any atom is -0.294 e. The number of hydrogen-bond donors (Lipinski definition) is 0. The van der Waals surface area contributed by atoms with Gasteiger partial charge in [-0.2, -0.15) is 0 Å². The summed E-state index contributed by atoms with van der Waals surface area (Å²) >= 11 is 5.88. The molecule has 0 saturated heterocycles. The third-order valence-corrected chi connectivity index (χ3v) is 2.49. The molecule has 14 heavy (non-hydrogen) atoms. The summed E-state index contributed by atoms with van der Waals surface area (Å²) in [5.74, 6) is 0.0757. The Labute approximate surface area is 89.4 Å². The normalized spacial score (nSPS) is 9.93. The topological polar surface area (TPSA) is 17.1 Å². The molecule has 74 valence electrons. The molecule has 1 rings (SSSR count). The van der Waals surface area contributed by atoms with Crippen molar-refractivity contribution in [1.29, 1.82) is 0 Å². The van der Waals surface area contributed by atoms with Gasteiger partial charge >= 0.3 is 0 Å². The maximum Gasteiger partial charge on any atom is 0.162 e. The zero-order valence-electron chi connectivity index (χ0n) is 8.43. The third-order valence-electron chi connectivity index (χ3n) is 2.06. The number of Topliss-reactive ketones (excluding diaryl/α,β-unsaturated/α-hetero) is 1. The Kier molecular flexibility index (Phi) is 3.48. The molecule has 1 nitrogen and oxygen atoms in total. The van der Waals surface area contributed by atoms with Crippen LogP contribution in [0.4, 0.5) is 0 Å². The molecule has 0 fully saturated rings. The van der Waals surface area contributed by atoms with E-state index in [2.05, 4.69) is 6.58 Å². The zero-order chi connectivity index (χ0) is 10.7. The van der Waals surface area contributed by atoms with Crippen molar-refractivity contribution in [2.45, 2.75) is 20.3 Å². The van der Waals surface area contributed by atoms with Gasteiger partial charge in [0.1, 0.15) is 0 Å². The number of carbonyl (C=O) groups excluding carboxylic acids is 1. The second-order valence-electron chi connectivity index (χ2n) is 3.46. The highest BCUT2D eigenvalue weighted by Gasteiger charge is 2.05. The molecule has 0 N–H and O–H groups in total. The van der Waals surface area contributed by atoms with Gasteiger partial charge in [-0.15, -0.1) is 0 Å². The van der Waals surface area contributed by atoms with Crippen molar-refractivity contribution in [1.82, 2.24) is 0 Å². The molecular weight excluding hydrogens is 196 g/mol. The van der Waals surface area contributed by atoms with E-state index in [1.165, 1.54) is 0 Å². The Hall–Kier alpha value is -1.08. The maximum atomic E-state index is 11.4. The molecule has 0 spiro atoms. The first kappa shape index (κ1) is 11.0. The van der Waals surface area contributed by atoms with Crippen molar-refractivity contribution in [3.8, 4) is 0 Å². The Morgan fingerprint density at radius 1 is 1.50 bits per heavy atom. The van der Waals surface area contributed by atoms with Gasteiger partial charge in [-0.3, -0.25) is 4.79 Å². The minimum absolute atomic E-state index is 0.0757. The van der Waals surface area contributed by atoms with Crippen LogP contribution < -0.4 is 0 Å². The van der Waals surface area contributed by atoms with Crippen molar-refractivity contribution in [2.24, 2.45) is 0 Å². The van der Waals surface area contributed by atoms with Crippen molar-refractivity contribution >= 4 is 17.4 Å². The first-order valence-electron chi connectivity index (χ1n) is 4.44. The third kappa shape index (κ3) is 2.71. The molecule has 0 bridgehead atoms. The summed E-state index contributed by atoms with van der Waals surface area (Å²) in [6.45, 7) is 7.27. The fourth-order valence-corrected chi connectivity index (χ4v) is 1.27. The lowest BCUT2D eigenvalue weighted by atomic mass is 10.0. The summed E-state index contributed by atoms with van der Waals surface area (Å²) < 4.78 is 0. The van der Waals surface area contributed by atoms with E-state index in [1.807, 2.05) is 25.1 Å². The van der Waals surface area contributed by atoms with E-state index in [-0.39, 0.29) is 5.78 Å². The Morgan fingerprint density at radius 2 is 2.14 bits per heavy atom. The number of aryl methyl sites for hydroxylation is 1. The fraction of sp³-hybridized carbons (Fsp3) is 0.250. The van der Waals surface area contributed by atoms with Gasteiger partial charge in [0.25, 0.3) is 0 Å². The maximum absolute atomic E-state index is 11.4. The molecule has 0 amide bonds. The summed E-state index contributed by atoms with van der Waals surface area (Å²) in [6, 6.07) is 5.62. The van der Waals surface area contributed by atoms with Gasteiger partial charge in [-0.25, -0.2) is 0 Å². The lowest BCUT2D eigenvalue weighted by molar-refractivity contribution is -0.114. The summed E-state index contributed by atoms with van der Waals surface area (Å²) in [5, 5.41) is 0.733. The van der Waals surface area contributed by atoms with Crippen LogP contribution in [0.2, 0.25) is 5.02 Å². The molecule has 0 aliphatic rings. The minimum atomic E-state index is 0.0757. The van der Waals surface area contributed by atoms with Crippen LogP contribution >= 0.6 is 11.6 Å². The summed E-state index contributed by atoms with van der Waals surface area (Å²) in [6.07, 6.45) is 0.410. The van der Waals surface area contributed by atoms with Crippen LogP contribution in [-0.4, -0.2) is 5.78 Å². The number of allylic oxidation sites excluding steroid dienone is 1. The monoisotopic (exact) mass is 208 g/mol. The highest BCUT2D eigenvalue weighted by Crippen LogP contribution is 2.17. The second kappa shape index (κ2) is 4.43. The first-order valence-corrected chi connectivity index (χ1v) is 4.82. The second-order valence-corrected chi connectivity index (χ2v) is 3.87. The van der Waals surface area contributed by atoms with E-state index in [4.69, 9.17) is 11.6 Å². The largest absolute Gasteiger partial charge is 0.294 e. The molecule has 0 radical (unpaired) electrons. The fourth-order valence-electron chi connectivity index (χ4n) is 1.15. The van der Waals surface area contributed by atoms with E-state index in [9.17, 15) is 4.79 Å². The molecule has 1 aromatic carbocycles. The number of rotatable bonds is 3. The van der Waals surface area contributed by atoms with E-state index < -0.39 is 0 Å². The highest BCUT2D eigenvalue weighted by atomic mass is 35.5. The van der Waals surface area contributed by atoms with Gasteiger partial charge in [0.05, 0.1) is 0 Å². The predicted molar refractivity (Wildman–Crippen MR) is 59.7 cm³/mol. The molecular formula is C12H13ClO. The lowest BCUT2D eigenvalue weighted by Gasteiger charge is -2.03. The first-order chi connectivity index (χ1) is 6.50. The average Bonchev–Trinajstić information content (AvgIpc) is 2.11. The van der Waals surface area contributed by atoms with Gasteiger partial charge in [0, 0.05) is 11.4 Å². The molecule has 1 aromatic rings. The van der Waals surface area contributed by atoms with Crippen LogP contribution in [0, 0.1) is 6.92 Å². The van der Waals surface area contributed by atoms with Crippen LogP contribution in [0.15, 0.2) is 30.4 Å². The van der Waals surface area contributed by atoms with E-state index in [1.54, 1.807) is 6.92 Å². The van der Waals surface area contributed by atoms with Crippen molar-refractivity contribution in [3.05, 3.63) is 46.5 Å². The van der Waals surface area contributed by atoms with E-state index in [0.29, 0.717) is 12.0 Å². The van der Waals surface area contributed by atoms with Gasteiger partial charge in [0.2, 0.25) is 0 Å². The van der Waals surface area contributed by atoms with Crippen LogP contribution in [0.3, 0.4) is 0 Å². The number of benzene rings is 1. The summed E-state index contributed by atoms with van der Waals surface area (Å²) in [4.78, 5) is 11.4. The van der Waals surface area contributed by atoms with Crippen LogP contribution in [0.25, 0.3) is 0 Å². The standard InChI is InChI=1S/C12H13ClO/c1-8(2)12(14)7-10-4-5-11(13)9(3)6-10/h4-6H,1,7H2,2-3H3. The number of ketones is 1. The molecule has 0 saturated carbocycles.